The zero-order valence-electron chi connectivity index (χ0n) is 20.2. The minimum Gasteiger partial charge on any atom is -0.359 e. The highest BCUT2D eigenvalue weighted by molar-refractivity contribution is 5.81. The van der Waals surface area contributed by atoms with E-state index in [9.17, 15) is 9.59 Å². The molecular weight excluding hydrogens is 408 g/mol. The molecule has 2 aromatic carbocycles. The normalized spacial score (nSPS) is 15.0. The summed E-state index contributed by atoms with van der Waals surface area (Å²) in [7, 11) is 1.69. The van der Waals surface area contributed by atoms with Crippen molar-refractivity contribution in [3.05, 3.63) is 71.8 Å². The number of carbonyl (C=O) groups is 2. The Labute approximate surface area is 199 Å². The smallest absolute Gasteiger partial charge is 0.219 e. The van der Waals surface area contributed by atoms with Crippen molar-refractivity contribution >= 4 is 11.7 Å². The van der Waals surface area contributed by atoms with Gasteiger partial charge >= 0.3 is 0 Å². The van der Waals surface area contributed by atoms with Crippen LogP contribution in [0.5, 0.6) is 0 Å². The van der Waals surface area contributed by atoms with E-state index in [2.05, 4.69) is 70.9 Å². The average Bonchev–Trinajstić information content (AvgIpc) is 2.87. The highest BCUT2D eigenvalue weighted by Crippen LogP contribution is 2.33. The Hall–Kier alpha value is -2.46. The second-order valence-corrected chi connectivity index (χ2v) is 9.29. The Kier molecular flexibility index (Phi) is 10.6. The number of Topliss-reactive ketones (excluding diaryl/α,β-unsaturated/α-hetero) is 1. The Morgan fingerprint density at radius 1 is 0.788 bits per heavy atom. The van der Waals surface area contributed by atoms with Crippen molar-refractivity contribution in [3.8, 4) is 0 Å². The topological polar surface area (TPSA) is 49.4 Å². The van der Waals surface area contributed by atoms with E-state index in [0.29, 0.717) is 12.2 Å². The van der Waals surface area contributed by atoms with Crippen LogP contribution in [-0.4, -0.2) is 36.7 Å². The van der Waals surface area contributed by atoms with Crippen LogP contribution in [0.15, 0.2) is 60.7 Å². The summed E-state index contributed by atoms with van der Waals surface area (Å²) >= 11 is 0. The zero-order chi connectivity index (χ0) is 23.3. The molecule has 1 aliphatic rings. The molecule has 1 saturated heterocycles. The standard InChI is InChI=1S/C29H40N2O2/c1-30-28(33)19-13-5-3-2-4-12-18-27(32)24-20-22-31(23-21-24)29(25-14-8-6-9-15-25)26-16-10-7-11-17-26/h6-11,14-17,24,29H,2-5,12-13,18-23H2,1H3,(H,30,33). The lowest BCUT2D eigenvalue weighted by Crippen LogP contribution is -2.39. The van der Waals surface area contributed by atoms with Crippen LogP contribution in [0.25, 0.3) is 0 Å². The monoisotopic (exact) mass is 448 g/mol. The third-order valence-corrected chi connectivity index (χ3v) is 6.94. The molecular formula is C29H40N2O2. The van der Waals surface area contributed by atoms with Gasteiger partial charge in [-0.3, -0.25) is 14.5 Å². The maximum Gasteiger partial charge on any atom is 0.219 e. The lowest BCUT2D eigenvalue weighted by molar-refractivity contribution is -0.124. The van der Waals surface area contributed by atoms with E-state index in [1.165, 1.54) is 11.1 Å². The number of rotatable bonds is 13. The van der Waals surface area contributed by atoms with Crippen molar-refractivity contribution in [2.75, 3.05) is 20.1 Å². The van der Waals surface area contributed by atoms with Gasteiger partial charge in [-0.1, -0.05) is 86.3 Å². The molecule has 0 atom stereocenters. The molecule has 0 bridgehead atoms. The molecule has 33 heavy (non-hydrogen) atoms. The van der Waals surface area contributed by atoms with Gasteiger partial charge in [-0.2, -0.15) is 0 Å². The molecule has 0 spiro atoms. The molecule has 178 valence electrons. The van der Waals surface area contributed by atoms with E-state index < -0.39 is 0 Å². The molecule has 4 nitrogen and oxygen atoms in total. The SMILES string of the molecule is CNC(=O)CCCCCCCCC(=O)C1CCN(C(c2ccccc2)c2ccccc2)CC1. The molecule has 1 heterocycles. The number of nitrogens with zero attached hydrogens (tertiary/aromatic N) is 1. The lowest BCUT2D eigenvalue weighted by Gasteiger charge is -2.37. The summed E-state index contributed by atoms with van der Waals surface area (Å²) in [5.74, 6) is 0.816. The highest BCUT2D eigenvalue weighted by Gasteiger charge is 2.29. The van der Waals surface area contributed by atoms with Gasteiger partial charge in [-0.25, -0.2) is 0 Å². The van der Waals surface area contributed by atoms with Crippen molar-refractivity contribution < 1.29 is 9.59 Å². The minimum atomic E-state index is 0.130. The molecule has 0 radical (unpaired) electrons. The first-order valence-electron chi connectivity index (χ1n) is 12.8. The molecule has 1 fully saturated rings. The van der Waals surface area contributed by atoms with Crippen LogP contribution >= 0.6 is 0 Å². The number of hydrogen-bond acceptors (Lipinski definition) is 3. The zero-order valence-corrected chi connectivity index (χ0v) is 20.2. The highest BCUT2D eigenvalue weighted by atomic mass is 16.1. The third kappa shape index (κ3) is 8.12. The van der Waals surface area contributed by atoms with Gasteiger partial charge in [0.1, 0.15) is 5.78 Å². The van der Waals surface area contributed by atoms with E-state index >= 15 is 0 Å². The summed E-state index contributed by atoms with van der Waals surface area (Å²) in [6.07, 6.45) is 9.79. The number of piperidine rings is 1. The van der Waals surface area contributed by atoms with Gasteiger partial charge in [0.25, 0.3) is 0 Å². The maximum atomic E-state index is 12.8. The van der Waals surface area contributed by atoms with Crippen molar-refractivity contribution in [2.24, 2.45) is 5.92 Å². The Morgan fingerprint density at radius 3 is 1.79 bits per heavy atom. The Bertz CT molecular complexity index is 790. The van der Waals surface area contributed by atoms with Crippen LogP contribution in [0.2, 0.25) is 0 Å². The number of ketones is 1. The number of likely N-dealkylation sites (tertiary alicyclic amines) is 1. The number of carbonyl (C=O) groups excluding carboxylic acids is 2. The van der Waals surface area contributed by atoms with Gasteiger partial charge in [0, 0.05) is 25.8 Å². The molecule has 0 saturated carbocycles. The predicted molar refractivity (Wildman–Crippen MR) is 135 cm³/mol. The van der Waals surface area contributed by atoms with Crippen molar-refractivity contribution in [2.45, 2.75) is 70.3 Å². The van der Waals surface area contributed by atoms with Gasteiger partial charge in [0.2, 0.25) is 5.91 Å². The van der Waals surface area contributed by atoms with Crippen molar-refractivity contribution in [1.82, 2.24) is 10.2 Å². The first-order valence-corrected chi connectivity index (χ1v) is 12.8. The van der Waals surface area contributed by atoms with Crippen molar-refractivity contribution in [3.63, 3.8) is 0 Å². The lowest BCUT2D eigenvalue weighted by atomic mass is 9.87. The molecule has 3 rings (SSSR count). The first-order chi connectivity index (χ1) is 16.2. The molecule has 1 N–H and O–H groups in total. The number of nitrogens with one attached hydrogen (secondary N) is 1. The minimum absolute atomic E-state index is 0.130. The van der Waals surface area contributed by atoms with Gasteiger partial charge < -0.3 is 5.32 Å². The fourth-order valence-electron chi connectivity index (χ4n) is 4.99. The third-order valence-electron chi connectivity index (χ3n) is 6.94. The van der Waals surface area contributed by atoms with E-state index in [1.807, 2.05) is 0 Å². The number of benzene rings is 2. The van der Waals surface area contributed by atoms with E-state index in [0.717, 1.165) is 70.9 Å². The van der Waals surface area contributed by atoms with Crippen LogP contribution in [-0.2, 0) is 9.59 Å². The van der Waals surface area contributed by atoms with E-state index in [4.69, 9.17) is 0 Å². The van der Waals surface area contributed by atoms with Crippen LogP contribution in [0, 0.1) is 5.92 Å². The van der Waals surface area contributed by atoms with Crippen LogP contribution in [0.4, 0.5) is 0 Å². The summed E-state index contributed by atoms with van der Waals surface area (Å²) in [4.78, 5) is 26.6. The van der Waals surface area contributed by atoms with E-state index in [1.54, 1.807) is 7.05 Å². The number of amides is 1. The molecule has 0 unspecified atom stereocenters. The molecule has 0 aromatic heterocycles. The largest absolute Gasteiger partial charge is 0.359 e. The quantitative estimate of drug-likeness (QED) is 0.387. The molecule has 4 heteroatoms. The molecule has 1 amide bonds. The van der Waals surface area contributed by atoms with Crippen molar-refractivity contribution in [1.29, 1.82) is 0 Å². The summed E-state index contributed by atoms with van der Waals surface area (Å²) in [5, 5.41) is 2.67. The molecule has 1 aliphatic heterocycles. The fourth-order valence-corrected chi connectivity index (χ4v) is 4.99. The predicted octanol–water partition coefficient (Wildman–Crippen LogP) is 5.92. The second-order valence-electron chi connectivity index (χ2n) is 9.29. The molecule has 0 aliphatic carbocycles. The Morgan fingerprint density at radius 2 is 1.27 bits per heavy atom. The first kappa shape index (κ1) is 25.2. The fraction of sp³-hybridized carbons (Fsp3) is 0.517. The maximum absolute atomic E-state index is 12.8. The van der Waals surface area contributed by atoms with Gasteiger partial charge in [-0.05, 0) is 49.9 Å². The summed E-state index contributed by atoms with van der Waals surface area (Å²) in [6, 6.07) is 21.7. The Balaban J connectivity index is 1.39. The second kappa shape index (κ2) is 13.9. The number of unbranched alkanes of at least 4 members (excludes halogenated alkanes) is 5. The van der Waals surface area contributed by atoms with Crippen LogP contribution < -0.4 is 5.32 Å². The summed E-state index contributed by atoms with van der Waals surface area (Å²) < 4.78 is 0. The van der Waals surface area contributed by atoms with Crippen LogP contribution in [0.1, 0.15) is 81.4 Å². The average molecular weight is 449 g/mol. The summed E-state index contributed by atoms with van der Waals surface area (Å²) in [5.41, 5.74) is 2.65. The van der Waals surface area contributed by atoms with Gasteiger partial charge in [0.05, 0.1) is 6.04 Å². The molecule has 2 aromatic rings. The van der Waals surface area contributed by atoms with E-state index in [-0.39, 0.29) is 17.9 Å². The van der Waals surface area contributed by atoms with Gasteiger partial charge in [-0.15, -0.1) is 0 Å². The van der Waals surface area contributed by atoms with Crippen LogP contribution in [0.3, 0.4) is 0 Å². The summed E-state index contributed by atoms with van der Waals surface area (Å²) in [6.45, 7) is 1.94. The van der Waals surface area contributed by atoms with Gasteiger partial charge in [0.15, 0.2) is 0 Å². The number of hydrogen-bond donors (Lipinski definition) is 1.